The van der Waals surface area contributed by atoms with Crippen LogP contribution in [-0.2, 0) is 27.9 Å². The summed E-state index contributed by atoms with van der Waals surface area (Å²) in [6.07, 6.45) is 70.9. The number of ether oxygens (including phenoxy) is 1. The van der Waals surface area contributed by atoms with Gasteiger partial charge in [0.25, 0.3) is 0 Å². The van der Waals surface area contributed by atoms with Crippen LogP contribution >= 0.6 is 7.82 Å². The SMILES string of the molecule is CC/C=C/C=C/C=C\CCCCCCCC(=O)OC(/C=C\CCCCCCCCCCCC)C(COP(=O)(O)OCC[N+](C)(C)C)NC(=O)CCCCCCCCCCCCCCCCC/C=C/CCCCCCCC. The van der Waals surface area contributed by atoms with E-state index >= 15 is 0 Å². The molecule has 0 aromatic rings. The Bertz CT molecular complexity index is 1490. The van der Waals surface area contributed by atoms with Crippen molar-refractivity contribution >= 4 is 19.7 Å². The van der Waals surface area contributed by atoms with E-state index in [-0.39, 0.29) is 31.5 Å². The van der Waals surface area contributed by atoms with Crippen molar-refractivity contribution in [2.45, 2.75) is 309 Å². The summed E-state index contributed by atoms with van der Waals surface area (Å²) in [5.41, 5.74) is 0. The first-order chi connectivity index (χ1) is 36.9. The van der Waals surface area contributed by atoms with Gasteiger partial charge in [-0.25, -0.2) is 4.57 Å². The molecule has 0 fully saturated rings. The third-order valence-electron chi connectivity index (χ3n) is 14.3. The van der Waals surface area contributed by atoms with E-state index in [1.807, 2.05) is 33.3 Å². The van der Waals surface area contributed by atoms with Crippen LogP contribution in [0.2, 0.25) is 0 Å². The molecule has 0 heterocycles. The average molecular weight is 1090 g/mol. The standard InChI is InChI=1S/C66H123N2O7P/c1-7-10-13-16-19-22-25-28-29-30-31-32-33-34-35-36-37-38-39-41-43-46-49-52-55-58-65(69)67-63(62-74-76(71,72)73-61-60-68(4,5)6)64(57-54-51-48-45-42-27-24-21-18-15-12-9-3)75-66(70)59-56-53-50-47-44-40-26-23-20-17-14-11-8-2/h11,14,17,20,23,26,28-29,54,57,63-64H,7-10,12-13,15-16,18-19,21-22,24-25,27,30-53,55-56,58-62H2,1-6H3,(H-,67,69,71,72)/p+1/b14-11+,20-17+,26-23-,29-28+,57-54-. The molecule has 0 saturated heterocycles. The number of phosphoric acid groups is 1. The van der Waals surface area contributed by atoms with E-state index in [9.17, 15) is 19.0 Å². The van der Waals surface area contributed by atoms with Gasteiger partial charge in [-0.15, -0.1) is 0 Å². The monoisotopic (exact) mass is 1090 g/mol. The predicted octanol–water partition coefficient (Wildman–Crippen LogP) is 19.8. The highest BCUT2D eigenvalue weighted by molar-refractivity contribution is 7.47. The molecule has 0 radical (unpaired) electrons. The van der Waals surface area contributed by atoms with Crippen LogP contribution in [0.5, 0.6) is 0 Å². The quantitative estimate of drug-likeness (QED) is 0.0156. The number of allylic oxidation sites excluding steroid dienone is 9. The smallest absolute Gasteiger partial charge is 0.456 e. The molecule has 0 aliphatic carbocycles. The fourth-order valence-corrected chi connectivity index (χ4v) is 10.0. The lowest BCUT2D eigenvalue weighted by Gasteiger charge is -2.27. The van der Waals surface area contributed by atoms with Crippen molar-refractivity contribution in [1.29, 1.82) is 0 Å². The van der Waals surface area contributed by atoms with E-state index in [0.717, 1.165) is 77.0 Å². The zero-order chi connectivity index (χ0) is 55.7. The van der Waals surface area contributed by atoms with Crippen LogP contribution in [-0.4, -0.2) is 74.3 Å². The molecular weight excluding hydrogens is 964 g/mol. The van der Waals surface area contributed by atoms with Crippen LogP contribution < -0.4 is 5.32 Å². The van der Waals surface area contributed by atoms with Crippen molar-refractivity contribution in [3.63, 3.8) is 0 Å². The van der Waals surface area contributed by atoms with Gasteiger partial charge in [0.15, 0.2) is 0 Å². The van der Waals surface area contributed by atoms with E-state index in [1.165, 1.54) is 180 Å². The van der Waals surface area contributed by atoms with Crippen molar-refractivity contribution in [3.05, 3.63) is 60.8 Å². The highest BCUT2D eigenvalue weighted by Crippen LogP contribution is 2.43. The zero-order valence-electron chi connectivity index (χ0n) is 50.7. The summed E-state index contributed by atoms with van der Waals surface area (Å²) < 4.78 is 30.7. The molecule has 0 aliphatic heterocycles. The van der Waals surface area contributed by atoms with Gasteiger partial charge < -0.3 is 19.4 Å². The number of unbranched alkanes of at least 4 members (excludes halogenated alkanes) is 36. The molecule has 444 valence electrons. The number of likely N-dealkylation sites (N-methyl/N-ethyl adjacent to an activating group) is 1. The molecule has 0 aromatic carbocycles. The first-order valence-corrected chi connectivity index (χ1v) is 33.6. The van der Waals surface area contributed by atoms with Gasteiger partial charge in [0.1, 0.15) is 19.3 Å². The minimum Gasteiger partial charge on any atom is -0.456 e. The lowest BCUT2D eigenvalue weighted by Crippen LogP contribution is -2.47. The molecule has 2 N–H and O–H groups in total. The number of amides is 1. The Labute approximate surface area is 471 Å². The lowest BCUT2D eigenvalue weighted by atomic mass is 10.0. The third kappa shape index (κ3) is 56.4. The van der Waals surface area contributed by atoms with Gasteiger partial charge in [-0.3, -0.25) is 18.6 Å². The van der Waals surface area contributed by atoms with Crippen LogP contribution in [0, 0.1) is 0 Å². The second kappa shape index (κ2) is 56.0. The number of nitrogens with zero attached hydrogens (tertiary/aromatic N) is 1. The summed E-state index contributed by atoms with van der Waals surface area (Å²) in [4.78, 5) is 37.7. The van der Waals surface area contributed by atoms with Gasteiger partial charge in [0, 0.05) is 12.8 Å². The van der Waals surface area contributed by atoms with Crippen molar-refractivity contribution < 1.29 is 37.3 Å². The van der Waals surface area contributed by atoms with Gasteiger partial charge >= 0.3 is 13.8 Å². The summed E-state index contributed by atoms with van der Waals surface area (Å²) in [6, 6.07) is -0.856. The molecule has 0 aromatic heterocycles. The maximum absolute atomic E-state index is 13.6. The largest absolute Gasteiger partial charge is 0.472 e. The Kier molecular flexibility index (Phi) is 54.3. The summed E-state index contributed by atoms with van der Waals surface area (Å²) in [6.45, 7) is 6.88. The number of quaternary nitrogens is 1. The van der Waals surface area contributed by atoms with Crippen LogP contribution in [0.3, 0.4) is 0 Å². The van der Waals surface area contributed by atoms with Crippen LogP contribution in [0.4, 0.5) is 0 Å². The highest BCUT2D eigenvalue weighted by Gasteiger charge is 2.30. The van der Waals surface area contributed by atoms with Gasteiger partial charge in [-0.05, 0) is 76.7 Å². The number of hydrogen-bond donors (Lipinski definition) is 2. The minimum atomic E-state index is -4.45. The van der Waals surface area contributed by atoms with Gasteiger partial charge in [0.2, 0.25) is 5.91 Å². The molecule has 9 nitrogen and oxygen atoms in total. The van der Waals surface area contributed by atoms with E-state index in [0.29, 0.717) is 23.9 Å². The lowest BCUT2D eigenvalue weighted by molar-refractivity contribution is -0.870. The van der Waals surface area contributed by atoms with Crippen LogP contribution in [0.25, 0.3) is 0 Å². The number of rotatable bonds is 58. The third-order valence-corrected chi connectivity index (χ3v) is 15.2. The Morgan fingerprint density at radius 3 is 1.29 bits per heavy atom. The zero-order valence-corrected chi connectivity index (χ0v) is 51.6. The van der Waals surface area contributed by atoms with Crippen molar-refractivity contribution in [3.8, 4) is 0 Å². The first kappa shape index (κ1) is 73.7. The Balaban J connectivity index is 5.07. The normalized spacial score (nSPS) is 14.0. The average Bonchev–Trinajstić information content (AvgIpc) is 3.38. The van der Waals surface area contributed by atoms with Gasteiger partial charge in [0.05, 0.1) is 33.8 Å². The molecule has 3 atom stereocenters. The van der Waals surface area contributed by atoms with Crippen molar-refractivity contribution in [2.75, 3.05) is 40.9 Å². The van der Waals surface area contributed by atoms with E-state index < -0.39 is 20.0 Å². The maximum Gasteiger partial charge on any atom is 0.472 e. The topological polar surface area (TPSA) is 111 Å². The van der Waals surface area contributed by atoms with Crippen molar-refractivity contribution in [1.82, 2.24) is 5.32 Å². The first-order valence-electron chi connectivity index (χ1n) is 32.1. The number of nitrogens with one attached hydrogen (secondary N) is 1. The molecule has 1 amide bonds. The number of carbonyl (C=O) groups is 2. The van der Waals surface area contributed by atoms with Crippen LogP contribution in [0.1, 0.15) is 297 Å². The second-order valence-electron chi connectivity index (χ2n) is 23.0. The molecule has 0 bridgehead atoms. The fraction of sp³-hybridized carbons (Fsp3) is 0.818. The minimum absolute atomic E-state index is 0.0363. The highest BCUT2D eigenvalue weighted by atomic mass is 31.2. The van der Waals surface area contributed by atoms with Crippen LogP contribution in [0.15, 0.2) is 60.8 Å². The molecule has 0 rings (SSSR count). The predicted molar refractivity (Wildman–Crippen MR) is 328 cm³/mol. The van der Waals surface area contributed by atoms with E-state index in [4.69, 9.17) is 13.8 Å². The molecule has 0 spiro atoms. The second-order valence-corrected chi connectivity index (χ2v) is 24.4. The summed E-state index contributed by atoms with van der Waals surface area (Å²) in [7, 11) is 1.49. The number of phosphoric ester groups is 1. The molecule has 0 aliphatic rings. The maximum atomic E-state index is 13.6. The summed E-state index contributed by atoms with van der Waals surface area (Å²) in [5, 5.41) is 3.06. The molecule has 0 saturated carbocycles. The molecule has 3 unspecified atom stereocenters. The summed E-state index contributed by atoms with van der Waals surface area (Å²) in [5.74, 6) is -0.522. The molecular formula is C66H124N2O7P+. The van der Waals surface area contributed by atoms with Crippen molar-refractivity contribution in [2.24, 2.45) is 0 Å². The van der Waals surface area contributed by atoms with E-state index in [1.54, 1.807) is 0 Å². The molecule has 10 heteroatoms. The Morgan fingerprint density at radius 2 is 0.855 bits per heavy atom. The van der Waals surface area contributed by atoms with E-state index in [2.05, 4.69) is 74.7 Å². The number of hydrogen-bond acceptors (Lipinski definition) is 6. The number of carbonyl (C=O) groups excluding carboxylic acids is 2. The van der Waals surface area contributed by atoms with Gasteiger partial charge in [-0.2, -0.15) is 0 Å². The Hall–Kier alpha value is -2.29. The van der Waals surface area contributed by atoms with Gasteiger partial charge in [-0.1, -0.05) is 268 Å². The Morgan fingerprint density at radius 1 is 0.474 bits per heavy atom. The number of esters is 1. The molecule has 76 heavy (non-hydrogen) atoms. The summed E-state index contributed by atoms with van der Waals surface area (Å²) >= 11 is 0. The fourth-order valence-electron chi connectivity index (χ4n) is 9.29.